The Morgan fingerprint density at radius 3 is 2.33 bits per heavy atom. The number of hydrogen-bond donors (Lipinski definition) is 3. The lowest BCUT2D eigenvalue weighted by Gasteiger charge is -2.09. The Bertz CT molecular complexity index is 787. The van der Waals surface area contributed by atoms with E-state index in [-0.39, 0.29) is 16.3 Å². The van der Waals surface area contributed by atoms with Crippen LogP contribution in [0, 0.1) is 10.1 Å². The number of phenolic OH excluding ortho intramolecular Hbond substituents is 1. The number of nitrogen functional groups attached to an aromatic ring is 1. The van der Waals surface area contributed by atoms with E-state index in [9.17, 15) is 23.6 Å². The second-order valence-corrected chi connectivity index (χ2v) is 5.82. The van der Waals surface area contributed by atoms with Crippen LogP contribution in [-0.4, -0.2) is 18.4 Å². The van der Waals surface area contributed by atoms with E-state index in [2.05, 4.69) is 4.72 Å². The first-order valence-corrected chi connectivity index (χ1v) is 7.14. The number of rotatable bonds is 4. The molecule has 0 aromatic heterocycles. The summed E-state index contributed by atoms with van der Waals surface area (Å²) in [6, 6.07) is 8.42. The van der Waals surface area contributed by atoms with Crippen LogP contribution >= 0.6 is 0 Å². The van der Waals surface area contributed by atoms with Crippen molar-refractivity contribution in [2.75, 3.05) is 10.5 Å². The van der Waals surface area contributed by atoms with Gasteiger partial charge < -0.3 is 10.8 Å². The summed E-state index contributed by atoms with van der Waals surface area (Å²) in [4.78, 5) is 9.90. The number of nitrogens with zero attached hydrogens (tertiary/aromatic N) is 1. The maximum atomic E-state index is 12.1. The van der Waals surface area contributed by atoms with Gasteiger partial charge >= 0.3 is 0 Å². The van der Waals surface area contributed by atoms with Gasteiger partial charge in [0.15, 0.2) is 0 Å². The molecular weight excluding hydrogens is 298 g/mol. The molecule has 0 saturated heterocycles. The van der Waals surface area contributed by atoms with Crippen LogP contribution in [0.4, 0.5) is 17.1 Å². The predicted octanol–water partition coefficient (Wildman–Crippen LogP) is 1.68. The number of aromatic hydroxyl groups is 1. The van der Waals surface area contributed by atoms with E-state index in [1.165, 1.54) is 24.3 Å². The number of anilines is 2. The molecule has 8 nitrogen and oxygen atoms in total. The summed E-state index contributed by atoms with van der Waals surface area (Å²) in [5.74, 6) is -0.417. The molecule has 0 radical (unpaired) electrons. The molecule has 21 heavy (non-hydrogen) atoms. The highest BCUT2D eigenvalue weighted by Crippen LogP contribution is 2.29. The lowest BCUT2D eigenvalue weighted by atomic mass is 10.2. The molecule has 0 atom stereocenters. The molecule has 0 amide bonds. The van der Waals surface area contributed by atoms with Gasteiger partial charge in [-0.2, -0.15) is 0 Å². The number of nitro groups is 1. The Balaban J connectivity index is 2.38. The van der Waals surface area contributed by atoms with Crippen LogP contribution in [0.1, 0.15) is 0 Å². The van der Waals surface area contributed by atoms with Crippen LogP contribution in [0.15, 0.2) is 47.4 Å². The first-order valence-electron chi connectivity index (χ1n) is 5.65. The third-order valence-electron chi connectivity index (χ3n) is 2.63. The van der Waals surface area contributed by atoms with E-state index >= 15 is 0 Å². The van der Waals surface area contributed by atoms with Crippen LogP contribution in [0.5, 0.6) is 5.75 Å². The topological polar surface area (TPSA) is 136 Å². The van der Waals surface area contributed by atoms with Crippen LogP contribution in [0.2, 0.25) is 0 Å². The average Bonchev–Trinajstić information content (AvgIpc) is 2.41. The third kappa shape index (κ3) is 3.20. The zero-order valence-corrected chi connectivity index (χ0v) is 11.4. The van der Waals surface area contributed by atoms with E-state index in [1.54, 1.807) is 0 Å². The fourth-order valence-corrected chi connectivity index (χ4v) is 2.64. The summed E-state index contributed by atoms with van der Waals surface area (Å²) in [5.41, 5.74) is 5.24. The first-order chi connectivity index (χ1) is 9.79. The van der Waals surface area contributed by atoms with Crippen LogP contribution < -0.4 is 10.5 Å². The number of benzene rings is 2. The highest BCUT2D eigenvalue weighted by molar-refractivity contribution is 7.92. The molecule has 2 aromatic rings. The number of hydrogen-bond acceptors (Lipinski definition) is 6. The monoisotopic (exact) mass is 309 g/mol. The SMILES string of the molecule is Nc1ccc(S(=O)(=O)Nc2cc([N+](=O)[O-])ccc2O)cc1. The zero-order valence-electron chi connectivity index (χ0n) is 10.6. The van der Waals surface area contributed by atoms with Crippen molar-refractivity contribution in [2.24, 2.45) is 0 Å². The molecule has 0 unspecified atom stereocenters. The van der Waals surface area contributed by atoms with Crippen LogP contribution in [-0.2, 0) is 10.0 Å². The average molecular weight is 309 g/mol. The fourth-order valence-electron chi connectivity index (χ4n) is 1.57. The second-order valence-electron chi connectivity index (χ2n) is 4.13. The molecule has 2 rings (SSSR count). The van der Waals surface area contributed by atoms with Crippen LogP contribution in [0.25, 0.3) is 0 Å². The molecule has 0 spiro atoms. The Kier molecular flexibility index (Phi) is 3.68. The van der Waals surface area contributed by atoms with Crippen molar-refractivity contribution in [3.63, 3.8) is 0 Å². The van der Waals surface area contributed by atoms with Crippen LogP contribution in [0.3, 0.4) is 0 Å². The Labute approximate surface area is 120 Å². The Morgan fingerprint density at radius 2 is 1.76 bits per heavy atom. The molecule has 0 aliphatic heterocycles. The fraction of sp³-hybridized carbons (Fsp3) is 0. The van der Waals surface area contributed by atoms with Gasteiger partial charge in [-0.25, -0.2) is 8.42 Å². The van der Waals surface area contributed by atoms with Gasteiger partial charge in [0.25, 0.3) is 15.7 Å². The van der Waals surface area contributed by atoms with Crippen molar-refractivity contribution >= 4 is 27.1 Å². The second kappa shape index (κ2) is 5.29. The van der Waals surface area contributed by atoms with Gasteiger partial charge in [0.05, 0.1) is 15.5 Å². The first kappa shape index (κ1) is 14.6. The molecule has 0 saturated carbocycles. The van der Waals surface area contributed by atoms with E-state index < -0.39 is 20.7 Å². The van der Waals surface area contributed by atoms with Gasteiger partial charge in [-0.15, -0.1) is 0 Å². The summed E-state index contributed by atoms with van der Waals surface area (Å²) in [5, 5.41) is 20.3. The molecule has 4 N–H and O–H groups in total. The minimum Gasteiger partial charge on any atom is -0.506 e. The summed E-state index contributed by atoms with van der Waals surface area (Å²) in [7, 11) is -3.98. The zero-order chi connectivity index (χ0) is 15.6. The van der Waals surface area contributed by atoms with Crippen molar-refractivity contribution in [3.8, 4) is 5.75 Å². The highest BCUT2D eigenvalue weighted by atomic mass is 32.2. The lowest BCUT2D eigenvalue weighted by Crippen LogP contribution is -2.13. The van der Waals surface area contributed by atoms with Gasteiger partial charge in [0, 0.05) is 17.8 Å². The third-order valence-corrected chi connectivity index (χ3v) is 4.01. The highest BCUT2D eigenvalue weighted by Gasteiger charge is 2.18. The van der Waals surface area contributed by atoms with E-state index in [1.807, 2.05) is 0 Å². The minimum absolute atomic E-state index is 0.0809. The van der Waals surface area contributed by atoms with Crippen molar-refractivity contribution < 1.29 is 18.4 Å². The molecule has 0 bridgehead atoms. The number of non-ortho nitro benzene ring substituents is 1. The van der Waals surface area contributed by atoms with E-state index in [4.69, 9.17) is 5.73 Å². The van der Waals surface area contributed by atoms with Gasteiger partial charge in [-0.1, -0.05) is 0 Å². The maximum absolute atomic E-state index is 12.1. The molecule has 110 valence electrons. The lowest BCUT2D eigenvalue weighted by molar-refractivity contribution is -0.384. The maximum Gasteiger partial charge on any atom is 0.271 e. The predicted molar refractivity (Wildman–Crippen MR) is 76.4 cm³/mol. The van der Waals surface area contributed by atoms with Gasteiger partial charge in [-0.05, 0) is 30.3 Å². The molecule has 0 heterocycles. The number of phenols is 1. The van der Waals surface area contributed by atoms with Crippen molar-refractivity contribution in [2.45, 2.75) is 4.90 Å². The van der Waals surface area contributed by atoms with Crippen molar-refractivity contribution in [3.05, 3.63) is 52.6 Å². The standard InChI is InChI=1S/C12H11N3O5S/c13-8-1-4-10(5-2-8)21(19,20)14-11-7-9(15(17)18)3-6-12(11)16/h1-7,14,16H,13H2. The normalized spacial score (nSPS) is 11.0. The van der Waals surface area contributed by atoms with E-state index in [0.717, 1.165) is 18.2 Å². The van der Waals surface area contributed by atoms with Gasteiger partial charge in [0.1, 0.15) is 5.75 Å². The van der Waals surface area contributed by atoms with E-state index in [0.29, 0.717) is 5.69 Å². The number of nitrogens with one attached hydrogen (secondary N) is 1. The molecule has 2 aromatic carbocycles. The Hall–Kier alpha value is -2.81. The molecule has 9 heteroatoms. The summed E-state index contributed by atoms with van der Waals surface area (Å²) in [6.45, 7) is 0. The summed E-state index contributed by atoms with van der Waals surface area (Å²) < 4.78 is 26.3. The molecular formula is C12H11N3O5S. The largest absolute Gasteiger partial charge is 0.506 e. The smallest absolute Gasteiger partial charge is 0.271 e. The van der Waals surface area contributed by atoms with Crippen molar-refractivity contribution in [1.82, 2.24) is 0 Å². The number of nitrogens with two attached hydrogens (primary N) is 1. The minimum atomic E-state index is -3.98. The quantitative estimate of drug-likeness (QED) is 0.340. The number of nitro benzene ring substituents is 1. The number of sulfonamides is 1. The molecule has 0 aliphatic rings. The van der Waals surface area contributed by atoms with Crippen molar-refractivity contribution in [1.29, 1.82) is 0 Å². The van der Waals surface area contributed by atoms with Gasteiger partial charge in [0.2, 0.25) is 0 Å². The molecule has 0 fully saturated rings. The van der Waals surface area contributed by atoms with Gasteiger partial charge in [-0.3, -0.25) is 14.8 Å². The summed E-state index contributed by atoms with van der Waals surface area (Å²) in [6.07, 6.45) is 0. The molecule has 0 aliphatic carbocycles. The Morgan fingerprint density at radius 1 is 1.14 bits per heavy atom. The summed E-state index contributed by atoms with van der Waals surface area (Å²) >= 11 is 0.